The third-order valence-corrected chi connectivity index (χ3v) is 4.81. The van der Waals surface area contributed by atoms with Gasteiger partial charge in [0.1, 0.15) is 5.52 Å². The van der Waals surface area contributed by atoms with E-state index in [9.17, 15) is 4.79 Å². The molecule has 0 spiro atoms. The number of nitrogens with zero attached hydrogens (tertiary/aromatic N) is 3. The Bertz CT molecular complexity index is 827. The molecular weight excluding hydrogens is 314 g/mol. The van der Waals surface area contributed by atoms with Crippen molar-refractivity contribution >= 4 is 17.0 Å². The molecule has 5 nitrogen and oxygen atoms in total. The van der Waals surface area contributed by atoms with Crippen LogP contribution in [0.4, 0.5) is 0 Å². The van der Waals surface area contributed by atoms with Crippen LogP contribution in [0.15, 0.2) is 53.2 Å². The highest BCUT2D eigenvalue weighted by atomic mass is 16.3. The van der Waals surface area contributed by atoms with Crippen molar-refractivity contribution in [2.24, 2.45) is 0 Å². The van der Waals surface area contributed by atoms with E-state index in [0.29, 0.717) is 13.0 Å². The number of para-hydroxylation sites is 2. The number of piperidine rings is 1. The van der Waals surface area contributed by atoms with E-state index in [-0.39, 0.29) is 11.8 Å². The smallest absolute Gasteiger partial charge is 0.222 e. The molecule has 0 unspecified atom stereocenters. The van der Waals surface area contributed by atoms with Crippen LogP contribution < -0.4 is 0 Å². The highest BCUT2D eigenvalue weighted by Crippen LogP contribution is 2.29. The van der Waals surface area contributed by atoms with Gasteiger partial charge in [0.25, 0.3) is 0 Å². The standard InChI is InChI=1S/C20H21N3O2/c24-19(8-7-15-9-11-21-12-10-15)23-13-3-4-16(14-23)20-22-17-5-1-2-6-18(17)25-20/h1-2,5-6,9-12,16H,3-4,7-8,13-14H2/t16-/m0/s1. The third-order valence-electron chi connectivity index (χ3n) is 4.81. The summed E-state index contributed by atoms with van der Waals surface area (Å²) in [6, 6.07) is 11.7. The number of fused-ring (bicyclic) bond motifs is 1. The summed E-state index contributed by atoms with van der Waals surface area (Å²) in [4.78, 5) is 23.2. The van der Waals surface area contributed by atoms with Crippen LogP contribution >= 0.6 is 0 Å². The van der Waals surface area contributed by atoms with Crippen LogP contribution in [0.5, 0.6) is 0 Å². The molecule has 1 atom stereocenters. The molecule has 4 rings (SSSR count). The van der Waals surface area contributed by atoms with Gasteiger partial charge in [-0.1, -0.05) is 12.1 Å². The molecule has 3 aromatic rings. The van der Waals surface area contributed by atoms with Crippen molar-refractivity contribution in [3.8, 4) is 0 Å². The van der Waals surface area contributed by atoms with Gasteiger partial charge in [0.2, 0.25) is 5.91 Å². The largest absolute Gasteiger partial charge is 0.440 e. The first-order chi connectivity index (χ1) is 12.3. The monoisotopic (exact) mass is 335 g/mol. The molecule has 0 radical (unpaired) electrons. The summed E-state index contributed by atoms with van der Waals surface area (Å²) in [6.07, 6.45) is 6.83. The van der Waals surface area contributed by atoms with E-state index in [2.05, 4.69) is 9.97 Å². The Morgan fingerprint density at radius 3 is 2.88 bits per heavy atom. The van der Waals surface area contributed by atoms with Crippen LogP contribution in [0.2, 0.25) is 0 Å². The van der Waals surface area contributed by atoms with E-state index in [4.69, 9.17) is 4.42 Å². The Morgan fingerprint density at radius 1 is 1.20 bits per heavy atom. The molecule has 128 valence electrons. The van der Waals surface area contributed by atoms with Crippen molar-refractivity contribution in [1.82, 2.24) is 14.9 Å². The molecule has 0 N–H and O–H groups in total. The zero-order valence-electron chi connectivity index (χ0n) is 14.1. The number of pyridine rings is 1. The predicted molar refractivity (Wildman–Crippen MR) is 95.1 cm³/mol. The maximum atomic E-state index is 12.6. The van der Waals surface area contributed by atoms with E-state index in [1.54, 1.807) is 12.4 Å². The van der Waals surface area contributed by atoms with Gasteiger partial charge in [-0.15, -0.1) is 0 Å². The molecule has 0 aliphatic carbocycles. The fraction of sp³-hybridized carbons (Fsp3) is 0.350. The Hall–Kier alpha value is -2.69. The van der Waals surface area contributed by atoms with Gasteiger partial charge >= 0.3 is 0 Å². The van der Waals surface area contributed by atoms with Crippen LogP contribution in [0, 0.1) is 0 Å². The van der Waals surface area contributed by atoms with Gasteiger partial charge in [-0.2, -0.15) is 0 Å². The molecule has 0 saturated carbocycles. The molecule has 25 heavy (non-hydrogen) atoms. The topological polar surface area (TPSA) is 59.2 Å². The fourth-order valence-corrected chi connectivity index (χ4v) is 3.43. The Balaban J connectivity index is 1.41. The number of amides is 1. The first-order valence-corrected chi connectivity index (χ1v) is 8.82. The minimum atomic E-state index is 0.186. The van der Waals surface area contributed by atoms with Gasteiger partial charge in [-0.3, -0.25) is 9.78 Å². The summed E-state index contributed by atoms with van der Waals surface area (Å²) in [5.41, 5.74) is 2.85. The second kappa shape index (κ2) is 7.05. The number of rotatable bonds is 4. The van der Waals surface area contributed by atoms with Crippen LogP contribution in [0.25, 0.3) is 11.1 Å². The molecule has 1 saturated heterocycles. The van der Waals surface area contributed by atoms with E-state index in [1.807, 2.05) is 41.3 Å². The Labute approximate surface area is 146 Å². The highest BCUT2D eigenvalue weighted by molar-refractivity contribution is 5.76. The number of hydrogen-bond donors (Lipinski definition) is 0. The molecule has 1 amide bonds. The number of likely N-dealkylation sites (tertiary alicyclic amines) is 1. The zero-order valence-corrected chi connectivity index (χ0v) is 14.1. The van der Waals surface area contributed by atoms with E-state index < -0.39 is 0 Å². The number of hydrogen-bond acceptors (Lipinski definition) is 4. The Kier molecular flexibility index (Phi) is 4.46. The van der Waals surface area contributed by atoms with Gasteiger partial charge in [-0.05, 0) is 49.1 Å². The first-order valence-electron chi connectivity index (χ1n) is 8.82. The summed E-state index contributed by atoms with van der Waals surface area (Å²) >= 11 is 0. The molecule has 1 aliphatic rings. The number of benzene rings is 1. The van der Waals surface area contributed by atoms with Crippen molar-refractivity contribution in [1.29, 1.82) is 0 Å². The molecule has 1 aliphatic heterocycles. The molecule has 3 heterocycles. The van der Waals surface area contributed by atoms with E-state index >= 15 is 0 Å². The van der Waals surface area contributed by atoms with Crippen molar-refractivity contribution in [3.63, 3.8) is 0 Å². The molecule has 5 heteroatoms. The molecule has 1 fully saturated rings. The normalized spacial score (nSPS) is 17.8. The minimum Gasteiger partial charge on any atom is -0.440 e. The number of aryl methyl sites for hydroxylation is 1. The molecule has 2 aromatic heterocycles. The maximum absolute atomic E-state index is 12.6. The van der Waals surface area contributed by atoms with Crippen molar-refractivity contribution in [3.05, 3.63) is 60.2 Å². The Morgan fingerprint density at radius 2 is 2.04 bits per heavy atom. The quantitative estimate of drug-likeness (QED) is 0.731. The summed E-state index contributed by atoms with van der Waals surface area (Å²) in [5.74, 6) is 1.15. The number of carbonyl (C=O) groups excluding carboxylic acids is 1. The highest BCUT2D eigenvalue weighted by Gasteiger charge is 2.27. The lowest BCUT2D eigenvalue weighted by Gasteiger charge is -2.31. The van der Waals surface area contributed by atoms with E-state index in [1.165, 1.54) is 0 Å². The molecular formula is C20H21N3O2. The average Bonchev–Trinajstić information content (AvgIpc) is 3.11. The van der Waals surface area contributed by atoms with Crippen LogP contribution in [0.3, 0.4) is 0 Å². The second-order valence-electron chi connectivity index (χ2n) is 6.55. The average molecular weight is 335 g/mol. The lowest BCUT2D eigenvalue weighted by Crippen LogP contribution is -2.39. The SMILES string of the molecule is O=C(CCc1ccncc1)N1CCC[C@H](c2nc3ccccc3o2)C1. The number of carbonyl (C=O) groups is 1. The van der Waals surface area contributed by atoms with Gasteiger partial charge in [0.05, 0.1) is 5.92 Å². The minimum absolute atomic E-state index is 0.186. The lowest BCUT2D eigenvalue weighted by atomic mass is 9.97. The van der Waals surface area contributed by atoms with Crippen LogP contribution in [-0.2, 0) is 11.2 Å². The van der Waals surface area contributed by atoms with Gasteiger partial charge in [-0.25, -0.2) is 4.98 Å². The lowest BCUT2D eigenvalue weighted by molar-refractivity contribution is -0.132. The van der Waals surface area contributed by atoms with Crippen LogP contribution in [0.1, 0.15) is 36.6 Å². The number of oxazole rings is 1. The van der Waals surface area contributed by atoms with Gasteiger partial charge < -0.3 is 9.32 Å². The second-order valence-corrected chi connectivity index (χ2v) is 6.55. The zero-order chi connectivity index (χ0) is 17.1. The van der Waals surface area contributed by atoms with Crippen molar-refractivity contribution < 1.29 is 9.21 Å². The summed E-state index contributed by atoms with van der Waals surface area (Å²) in [7, 11) is 0. The summed E-state index contributed by atoms with van der Waals surface area (Å²) < 4.78 is 5.91. The molecule has 1 aromatic carbocycles. The predicted octanol–water partition coefficient (Wildman–Crippen LogP) is 3.56. The maximum Gasteiger partial charge on any atom is 0.222 e. The van der Waals surface area contributed by atoms with Gasteiger partial charge in [0, 0.05) is 31.9 Å². The fourth-order valence-electron chi connectivity index (χ4n) is 3.43. The van der Waals surface area contributed by atoms with Crippen molar-refractivity contribution in [2.45, 2.75) is 31.6 Å². The summed E-state index contributed by atoms with van der Waals surface area (Å²) in [6.45, 7) is 1.52. The summed E-state index contributed by atoms with van der Waals surface area (Å²) in [5, 5.41) is 0. The third kappa shape index (κ3) is 3.55. The molecule has 0 bridgehead atoms. The van der Waals surface area contributed by atoms with Crippen molar-refractivity contribution in [2.75, 3.05) is 13.1 Å². The van der Waals surface area contributed by atoms with Crippen LogP contribution in [-0.4, -0.2) is 33.9 Å². The van der Waals surface area contributed by atoms with Gasteiger partial charge in [0.15, 0.2) is 11.5 Å². The number of aromatic nitrogens is 2. The van der Waals surface area contributed by atoms with E-state index in [0.717, 1.165) is 48.4 Å². The first kappa shape index (κ1) is 15.8.